The second-order valence-electron chi connectivity index (χ2n) is 6.36. The number of benzene rings is 1. The molecule has 126 valence electrons. The summed E-state index contributed by atoms with van der Waals surface area (Å²) in [4.78, 5) is 23.1. The number of rotatable bonds is 8. The molecule has 0 aliphatic heterocycles. The van der Waals surface area contributed by atoms with Gasteiger partial charge in [-0.05, 0) is 63.1 Å². The zero-order valence-electron chi connectivity index (χ0n) is 13.9. The van der Waals surface area contributed by atoms with Crippen LogP contribution in [0.15, 0.2) is 18.2 Å². The van der Waals surface area contributed by atoms with Gasteiger partial charge in [-0.2, -0.15) is 0 Å². The number of ether oxygens (including phenoxy) is 1. The largest absolute Gasteiger partial charge is 0.493 e. The van der Waals surface area contributed by atoms with Gasteiger partial charge in [-0.1, -0.05) is 12.1 Å². The lowest BCUT2D eigenvalue weighted by Crippen LogP contribution is -2.59. The molecular weight excluding hydrogens is 294 g/mol. The highest BCUT2D eigenvalue weighted by atomic mass is 16.5. The summed E-state index contributed by atoms with van der Waals surface area (Å²) in [5, 5.41) is 11.9. The fraction of sp³-hybridized carbons (Fsp3) is 0.556. The third kappa shape index (κ3) is 4.47. The van der Waals surface area contributed by atoms with Gasteiger partial charge in [0.2, 0.25) is 5.91 Å². The van der Waals surface area contributed by atoms with E-state index >= 15 is 0 Å². The lowest BCUT2D eigenvalue weighted by Gasteiger charge is -2.38. The van der Waals surface area contributed by atoms with Crippen LogP contribution in [-0.4, -0.2) is 29.1 Å². The quantitative estimate of drug-likeness (QED) is 0.722. The van der Waals surface area contributed by atoms with Gasteiger partial charge in [-0.15, -0.1) is 0 Å². The first-order valence-electron chi connectivity index (χ1n) is 8.17. The second-order valence-corrected chi connectivity index (χ2v) is 6.36. The summed E-state index contributed by atoms with van der Waals surface area (Å²) in [6.07, 6.45) is 3.71. The maximum absolute atomic E-state index is 11.9. The smallest absolute Gasteiger partial charge is 0.329 e. The number of aryl methyl sites for hydroxylation is 2. The number of carboxylic acid groups (broad SMARTS) is 1. The number of amides is 1. The first-order chi connectivity index (χ1) is 10.9. The van der Waals surface area contributed by atoms with Crippen LogP contribution in [0.3, 0.4) is 0 Å². The molecule has 0 spiro atoms. The maximum atomic E-state index is 11.9. The van der Waals surface area contributed by atoms with Gasteiger partial charge >= 0.3 is 5.97 Å². The van der Waals surface area contributed by atoms with Crippen LogP contribution >= 0.6 is 0 Å². The summed E-state index contributed by atoms with van der Waals surface area (Å²) in [5.74, 6) is -0.219. The van der Waals surface area contributed by atoms with Crippen molar-refractivity contribution >= 4 is 11.9 Å². The number of carbonyl (C=O) groups excluding carboxylic acids is 1. The molecule has 0 heterocycles. The molecule has 0 saturated heterocycles. The number of nitrogens with one attached hydrogen (secondary N) is 1. The van der Waals surface area contributed by atoms with E-state index in [0.717, 1.165) is 29.7 Å². The fourth-order valence-electron chi connectivity index (χ4n) is 2.68. The standard InChI is InChI=1S/C18H25NO4/c1-13-7-8-14(2)15(12-13)23-11-4-3-6-16(20)19-18(17(21)22)9-5-10-18/h7-8,12H,3-6,9-11H2,1-2H3,(H,19,20)(H,21,22). The van der Waals surface area contributed by atoms with Crippen LogP contribution in [-0.2, 0) is 9.59 Å². The average molecular weight is 319 g/mol. The van der Waals surface area contributed by atoms with Crippen molar-refractivity contribution in [3.8, 4) is 5.75 Å². The SMILES string of the molecule is Cc1ccc(C)c(OCCCCC(=O)NC2(C(=O)O)CCC2)c1. The molecular formula is C18H25NO4. The molecule has 0 bridgehead atoms. The van der Waals surface area contributed by atoms with Crippen molar-refractivity contribution in [2.45, 2.75) is 57.9 Å². The Balaban J connectivity index is 1.66. The molecule has 0 unspecified atom stereocenters. The zero-order chi connectivity index (χ0) is 16.9. The van der Waals surface area contributed by atoms with Crippen LogP contribution in [0, 0.1) is 13.8 Å². The van der Waals surface area contributed by atoms with Gasteiger partial charge < -0.3 is 15.2 Å². The van der Waals surface area contributed by atoms with E-state index in [2.05, 4.69) is 5.32 Å². The van der Waals surface area contributed by atoms with Crippen LogP contribution in [0.1, 0.15) is 49.7 Å². The Morgan fingerprint density at radius 1 is 1.26 bits per heavy atom. The number of carbonyl (C=O) groups is 2. The minimum absolute atomic E-state index is 0.182. The number of carboxylic acids is 1. The molecule has 2 rings (SSSR count). The van der Waals surface area contributed by atoms with Crippen LogP contribution < -0.4 is 10.1 Å². The topological polar surface area (TPSA) is 75.6 Å². The molecule has 1 aliphatic rings. The van der Waals surface area contributed by atoms with Crippen molar-refractivity contribution in [3.63, 3.8) is 0 Å². The van der Waals surface area contributed by atoms with Gasteiger partial charge in [0.1, 0.15) is 11.3 Å². The van der Waals surface area contributed by atoms with Gasteiger partial charge in [0, 0.05) is 6.42 Å². The van der Waals surface area contributed by atoms with E-state index in [1.165, 1.54) is 0 Å². The summed E-state index contributed by atoms with van der Waals surface area (Å²) in [5.41, 5.74) is 1.25. The summed E-state index contributed by atoms with van der Waals surface area (Å²) in [6.45, 7) is 4.59. The van der Waals surface area contributed by atoms with E-state index in [1.807, 2.05) is 32.0 Å². The van der Waals surface area contributed by atoms with Crippen LogP contribution in [0.5, 0.6) is 5.75 Å². The first kappa shape index (κ1) is 17.3. The summed E-state index contributed by atoms with van der Waals surface area (Å²) < 4.78 is 5.75. The Bertz CT molecular complexity index is 578. The average Bonchev–Trinajstić information content (AvgIpc) is 2.45. The third-order valence-corrected chi connectivity index (χ3v) is 4.39. The summed E-state index contributed by atoms with van der Waals surface area (Å²) in [7, 11) is 0. The predicted molar refractivity (Wildman–Crippen MR) is 87.6 cm³/mol. The molecule has 1 saturated carbocycles. The second kappa shape index (κ2) is 7.49. The van der Waals surface area contributed by atoms with Crippen LogP contribution in [0.4, 0.5) is 0 Å². The predicted octanol–water partition coefficient (Wildman–Crippen LogP) is 2.98. The van der Waals surface area contributed by atoms with Crippen molar-refractivity contribution in [1.82, 2.24) is 5.32 Å². The first-order valence-corrected chi connectivity index (χ1v) is 8.17. The third-order valence-electron chi connectivity index (χ3n) is 4.39. The molecule has 0 radical (unpaired) electrons. The molecule has 1 amide bonds. The lowest BCUT2D eigenvalue weighted by molar-refractivity contribution is -0.151. The molecule has 0 aromatic heterocycles. The van der Waals surface area contributed by atoms with Crippen LogP contribution in [0.2, 0.25) is 0 Å². The van der Waals surface area contributed by atoms with E-state index in [1.54, 1.807) is 0 Å². The lowest BCUT2D eigenvalue weighted by atomic mass is 9.76. The van der Waals surface area contributed by atoms with Gasteiger partial charge in [-0.3, -0.25) is 4.79 Å². The molecule has 1 aliphatic carbocycles. The van der Waals surface area contributed by atoms with Crippen molar-refractivity contribution in [3.05, 3.63) is 29.3 Å². The van der Waals surface area contributed by atoms with Crippen molar-refractivity contribution < 1.29 is 19.4 Å². The molecule has 2 N–H and O–H groups in total. The highest BCUT2D eigenvalue weighted by Gasteiger charge is 2.45. The highest BCUT2D eigenvalue weighted by molar-refractivity contribution is 5.87. The van der Waals surface area contributed by atoms with Crippen molar-refractivity contribution in [2.24, 2.45) is 0 Å². The Labute approximate surface area is 137 Å². The number of hydrogen-bond donors (Lipinski definition) is 2. The van der Waals surface area contributed by atoms with E-state index in [-0.39, 0.29) is 5.91 Å². The summed E-state index contributed by atoms with van der Waals surface area (Å²) in [6, 6.07) is 6.09. The maximum Gasteiger partial charge on any atom is 0.329 e. The minimum atomic E-state index is -1.01. The van der Waals surface area contributed by atoms with Crippen molar-refractivity contribution in [2.75, 3.05) is 6.61 Å². The van der Waals surface area contributed by atoms with Gasteiger partial charge in [0.05, 0.1) is 6.61 Å². The Morgan fingerprint density at radius 2 is 2.00 bits per heavy atom. The number of hydrogen-bond acceptors (Lipinski definition) is 3. The van der Waals surface area contributed by atoms with Crippen molar-refractivity contribution in [1.29, 1.82) is 0 Å². The van der Waals surface area contributed by atoms with E-state index in [0.29, 0.717) is 32.3 Å². The normalized spacial score (nSPS) is 15.6. The van der Waals surface area contributed by atoms with Gasteiger partial charge in [-0.25, -0.2) is 4.79 Å². The van der Waals surface area contributed by atoms with E-state index < -0.39 is 11.5 Å². The number of unbranched alkanes of at least 4 members (excludes halogenated alkanes) is 1. The van der Waals surface area contributed by atoms with Crippen LogP contribution in [0.25, 0.3) is 0 Å². The molecule has 5 nitrogen and oxygen atoms in total. The van der Waals surface area contributed by atoms with E-state index in [4.69, 9.17) is 4.74 Å². The molecule has 1 aromatic carbocycles. The summed E-state index contributed by atoms with van der Waals surface area (Å²) >= 11 is 0. The van der Waals surface area contributed by atoms with E-state index in [9.17, 15) is 14.7 Å². The molecule has 0 atom stereocenters. The molecule has 1 aromatic rings. The fourth-order valence-corrected chi connectivity index (χ4v) is 2.68. The Kier molecular flexibility index (Phi) is 5.64. The Hall–Kier alpha value is -2.04. The highest BCUT2D eigenvalue weighted by Crippen LogP contribution is 2.32. The van der Waals surface area contributed by atoms with Gasteiger partial charge in [0.15, 0.2) is 0 Å². The minimum Gasteiger partial charge on any atom is -0.493 e. The number of aliphatic carboxylic acids is 1. The monoisotopic (exact) mass is 319 g/mol. The molecule has 5 heteroatoms. The Morgan fingerprint density at radius 3 is 2.61 bits per heavy atom. The molecule has 23 heavy (non-hydrogen) atoms. The zero-order valence-corrected chi connectivity index (χ0v) is 13.9. The molecule has 1 fully saturated rings. The van der Waals surface area contributed by atoms with Gasteiger partial charge in [0.25, 0.3) is 0 Å².